The fraction of sp³-hybridized carbons (Fsp3) is 0.444. The fourth-order valence-electron chi connectivity index (χ4n) is 3.18. The maximum Gasteiger partial charge on any atom is 0.127 e. The molecule has 1 N–H and O–H groups in total. The zero-order chi connectivity index (χ0) is 14.5. The lowest BCUT2D eigenvalue weighted by atomic mass is 10.0. The van der Waals surface area contributed by atoms with E-state index in [1.165, 1.54) is 23.6 Å². The second-order valence-electron chi connectivity index (χ2n) is 5.70. The molecule has 21 heavy (non-hydrogen) atoms. The number of β-amino-alcohol motifs (C(OH)–C–C–N with tert-alkyl or cyclic N) is 1. The normalized spacial score (nSPS) is 19.8. The highest BCUT2D eigenvalue weighted by atomic mass is 16.5. The van der Waals surface area contributed by atoms with Gasteiger partial charge in [0.2, 0.25) is 0 Å². The van der Waals surface area contributed by atoms with E-state index in [0.29, 0.717) is 12.6 Å². The van der Waals surface area contributed by atoms with Crippen LogP contribution in [0.25, 0.3) is 10.8 Å². The van der Waals surface area contributed by atoms with E-state index < -0.39 is 0 Å². The largest absolute Gasteiger partial charge is 0.491 e. The van der Waals surface area contributed by atoms with Crippen LogP contribution in [-0.4, -0.2) is 42.4 Å². The van der Waals surface area contributed by atoms with Crippen LogP contribution >= 0.6 is 0 Å². The first-order valence-corrected chi connectivity index (χ1v) is 7.84. The van der Waals surface area contributed by atoms with Crippen LogP contribution in [0.15, 0.2) is 42.5 Å². The average molecular weight is 285 g/mol. The van der Waals surface area contributed by atoms with E-state index in [0.717, 1.165) is 25.3 Å². The number of piperidine rings is 1. The Balaban J connectivity index is 1.70. The molecule has 1 heterocycles. The van der Waals surface area contributed by atoms with Gasteiger partial charge in [-0.3, -0.25) is 4.90 Å². The number of hydrogen-bond donors (Lipinski definition) is 1. The number of benzene rings is 2. The van der Waals surface area contributed by atoms with E-state index >= 15 is 0 Å². The van der Waals surface area contributed by atoms with Crippen LogP contribution in [0.3, 0.4) is 0 Å². The van der Waals surface area contributed by atoms with Crippen molar-refractivity contribution in [1.82, 2.24) is 4.90 Å². The minimum absolute atomic E-state index is 0.227. The van der Waals surface area contributed by atoms with Crippen LogP contribution in [0.4, 0.5) is 0 Å². The van der Waals surface area contributed by atoms with Crippen LogP contribution in [0.2, 0.25) is 0 Å². The molecule has 3 rings (SSSR count). The smallest absolute Gasteiger partial charge is 0.127 e. The van der Waals surface area contributed by atoms with Gasteiger partial charge in [0.05, 0.1) is 6.61 Å². The second kappa shape index (κ2) is 6.92. The number of aliphatic hydroxyl groups excluding tert-OH is 1. The van der Waals surface area contributed by atoms with Gasteiger partial charge in [0.1, 0.15) is 12.4 Å². The van der Waals surface area contributed by atoms with E-state index in [1.807, 2.05) is 18.2 Å². The van der Waals surface area contributed by atoms with Crippen molar-refractivity contribution in [1.29, 1.82) is 0 Å². The molecule has 1 saturated heterocycles. The Morgan fingerprint density at radius 1 is 1.10 bits per heavy atom. The molecule has 0 bridgehead atoms. The molecule has 1 fully saturated rings. The molecule has 2 aromatic carbocycles. The number of fused-ring (bicyclic) bond motifs is 1. The highest BCUT2D eigenvalue weighted by Crippen LogP contribution is 2.26. The molecule has 3 heteroatoms. The number of ether oxygens (including phenoxy) is 1. The minimum Gasteiger partial charge on any atom is -0.491 e. The summed E-state index contributed by atoms with van der Waals surface area (Å²) < 4.78 is 6.11. The molecular formula is C18H23NO2. The summed E-state index contributed by atoms with van der Waals surface area (Å²) in [5.41, 5.74) is 0. The van der Waals surface area contributed by atoms with Gasteiger partial charge >= 0.3 is 0 Å². The van der Waals surface area contributed by atoms with Crippen molar-refractivity contribution in [3.63, 3.8) is 0 Å². The third-order valence-electron chi connectivity index (χ3n) is 4.32. The van der Waals surface area contributed by atoms with Gasteiger partial charge < -0.3 is 9.84 Å². The summed E-state index contributed by atoms with van der Waals surface area (Å²) in [6, 6.07) is 14.9. The monoisotopic (exact) mass is 285 g/mol. The van der Waals surface area contributed by atoms with Crippen LogP contribution in [-0.2, 0) is 0 Å². The molecule has 1 unspecified atom stereocenters. The van der Waals surface area contributed by atoms with Gasteiger partial charge in [-0.25, -0.2) is 0 Å². The van der Waals surface area contributed by atoms with Crippen molar-refractivity contribution < 1.29 is 9.84 Å². The van der Waals surface area contributed by atoms with E-state index in [-0.39, 0.29) is 6.61 Å². The maximum atomic E-state index is 9.18. The fourth-order valence-corrected chi connectivity index (χ4v) is 3.18. The Morgan fingerprint density at radius 2 is 1.95 bits per heavy atom. The molecular weight excluding hydrogens is 262 g/mol. The molecule has 1 aliphatic rings. The van der Waals surface area contributed by atoms with Crippen LogP contribution in [0.1, 0.15) is 19.3 Å². The summed E-state index contributed by atoms with van der Waals surface area (Å²) in [4.78, 5) is 2.36. The molecule has 2 aromatic rings. The Labute approximate surface area is 126 Å². The van der Waals surface area contributed by atoms with Gasteiger partial charge in [0, 0.05) is 18.0 Å². The average Bonchev–Trinajstić information content (AvgIpc) is 2.54. The molecule has 0 amide bonds. The summed E-state index contributed by atoms with van der Waals surface area (Å²) in [6.45, 7) is 2.76. The van der Waals surface area contributed by atoms with Gasteiger partial charge in [0.25, 0.3) is 0 Å². The van der Waals surface area contributed by atoms with Crippen molar-refractivity contribution in [3.05, 3.63) is 42.5 Å². The molecule has 0 saturated carbocycles. The quantitative estimate of drug-likeness (QED) is 0.916. The highest BCUT2D eigenvalue weighted by molar-refractivity contribution is 5.88. The van der Waals surface area contributed by atoms with Crippen molar-refractivity contribution >= 4 is 10.8 Å². The number of hydrogen-bond acceptors (Lipinski definition) is 3. The molecule has 112 valence electrons. The SMILES string of the molecule is OCCN1CCCCC1COc1cccc2ccccc12. The highest BCUT2D eigenvalue weighted by Gasteiger charge is 2.22. The van der Waals surface area contributed by atoms with E-state index in [9.17, 15) is 5.11 Å². The second-order valence-corrected chi connectivity index (χ2v) is 5.70. The Hall–Kier alpha value is -1.58. The third kappa shape index (κ3) is 3.36. The van der Waals surface area contributed by atoms with Crippen LogP contribution in [0, 0.1) is 0 Å². The van der Waals surface area contributed by atoms with Crippen molar-refractivity contribution in [2.24, 2.45) is 0 Å². The maximum absolute atomic E-state index is 9.18. The summed E-state index contributed by atoms with van der Waals surface area (Å²) >= 11 is 0. The summed E-state index contributed by atoms with van der Waals surface area (Å²) in [5.74, 6) is 0.961. The Kier molecular flexibility index (Phi) is 4.73. The molecule has 3 nitrogen and oxygen atoms in total. The number of nitrogens with zero attached hydrogens (tertiary/aromatic N) is 1. The lowest BCUT2D eigenvalue weighted by Crippen LogP contribution is -2.44. The zero-order valence-electron chi connectivity index (χ0n) is 12.4. The summed E-state index contributed by atoms with van der Waals surface area (Å²) in [6.07, 6.45) is 3.64. The predicted octanol–water partition coefficient (Wildman–Crippen LogP) is 3.07. The number of aliphatic hydroxyl groups is 1. The Bertz CT molecular complexity index is 577. The molecule has 0 radical (unpaired) electrons. The van der Waals surface area contributed by atoms with Gasteiger partial charge in [-0.05, 0) is 30.8 Å². The molecule has 0 spiro atoms. The number of rotatable bonds is 5. The van der Waals surface area contributed by atoms with Gasteiger partial charge in [-0.2, -0.15) is 0 Å². The van der Waals surface area contributed by atoms with E-state index in [2.05, 4.69) is 29.2 Å². The summed E-state index contributed by atoms with van der Waals surface area (Å²) in [7, 11) is 0. The standard InChI is InChI=1S/C18H23NO2/c20-13-12-19-11-4-3-8-16(19)14-21-18-10-5-7-15-6-1-2-9-17(15)18/h1-2,5-7,9-10,16,20H,3-4,8,11-14H2. The number of likely N-dealkylation sites (tertiary alicyclic amines) is 1. The van der Waals surface area contributed by atoms with Crippen molar-refractivity contribution in [2.75, 3.05) is 26.3 Å². The Morgan fingerprint density at radius 3 is 2.86 bits per heavy atom. The third-order valence-corrected chi connectivity index (χ3v) is 4.32. The first kappa shape index (κ1) is 14.4. The molecule has 0 aliphatic carbocycles. The zero-order valence-corrected chi connectivity index (χ0v) is 12.4. The summed E-state index contributed by atoms with van der Waals surface area (Å²) in [5, 5.41) is 11.6. The first-order chi connectivity index (χ1) is 10.4. The first-order valence-electron chi connectivity index (χ1n) is 7.84. The lowest BCUT2D eigenvalue weighted by Gasteiger charge is -2.35. The van der Waals surface area contributed by atoms with Crippen LogP contribution in [0.5, 0.6) is 5.75 Å². The topological polar surface area (TPSA) is 32.7 Å². The molecule has 1 aliphatic heterocycles. The van der Waals surface area contributed by atoms with Gasteiger partial charge in [-0.1, -0.05) is 42.8 Å². The minimum atomic E-state index is 0.227. The van der Waals surface area contributed by atoms with Crippen LogP contribution < -0.4 is 4.74 Å². The molecule has 0 aromatic heterocycles. The predicted molar refractivity (Wildman–Crippen MR) is 85.7 cm³/mol. The van der Waals surface area contributed by atoms with Gasteiger partial charge in [-0.15, -0.1) is 0 Å². The van der Waals surface area contributed by atoms with E-state index in [1.54, 1.807) is 0 Å². The lowest BCUT2D eigenvalue weighted by molar-refractivity contribution is 0.0819. The van der Waals surface area contributed by atoms with Crippen molar-refractivity contribution in [2.45, 2.75) is 25.3 Å². The molecule has 1 atom stereocenters. The van der Waals surface area contributed by atoms with Crippen molar-refractivity contribution in [3.8, 4) is 5.75 Å². The van der Waals surface area contributed by atoms with Gasteiger partial charge in [0.15, 0.2) is 0 Å². The van der Waals surface area contributed by atoms with E-state index in [4.69, 9.17) is 4.74 Å².